The van der Waals surface area contributed by atoms with Crippen molar-refractivity contribution in [3.05, 3.63) is 0 Å². The van der Waals surface area contributed by atoms with Crippen LogP contribution in [0.4, 0.5) is 0 Å². The Hall–Kier alpha value is 0.200. The lowest BCUT2D eigenvalue weighted by molar-refractivity contribution is 0.589. The molecular weight excluding hydrogens is 354 g/mol. The average molecular weight is 401 g/mol. The molecule has 0 aliphatic heterocycles. The molecule has 0 atom stereocenters. The summed E-state index contributed by atoms with van der Waals surface area (Å²) in [6, 6.07) is 0. The molecule has 0 rings (SSSR count). The molecule has 0 bridgehead atoms. The van der Waals surface area contributed by atoms with Crippen LogP contribution < -0.4 is 0 Å². The van der Waals surface area contributed by atoms with Crippen molar-refractivity contribution in [1.82, 2.24) is 0 Å². The Kier molecular flexibility index (Phi) is 10.2. The summed E-state index contributed by atoms with van der Waals surface area (Å²) in [6.45, 7) is 32.5. The number of hydrogen-bond donors (Lipinski definition) is 0. The lowest BCUT2D eigenvalue weighted by Crippen LogP contribution is -2.27. The molecule has 0 aliphatic rings. The Morgan fingerprint density at radius 1 is 0.500 bits per heavy atom. The second kappa shape index (κ2) is 10.1. The Labute approximate surface area is 167 Å². The highest BCUT2D eigenvalue weighted by molar-refractivity contribution is 7.77. The second-order valence-corrected chi connectivity index (χ2v) is 17.1. The first-order chi connectivity index (χ1) is 11.5. The van der Waals surface area contributed by atoms with Crippen LogP contribution in [-0.4, -0.2) is 33.5 Å². The third-order valence-corrected chi connectivity index (χ3v) is 11.2. The quantitative estimate of drug-likeness (QED) is 0.233. The minimum absolute atomic E-state index is 0.0607. The van der Waals surface area contributed by atoms with Crippen LogP contribution in [0.1, 0.15) is 96.9 Å². The van der Waals surface area contributed by atoms with Gasteiger partial charge >= 0.3 is 0 Å². The molecule has 0 aromatic carbocycles. The molecule has 0 N–H and O–H groups in total. The van der Waals surface area contributed by atoms with E-state index in [0.29, 0.717) is 22.6 Å². The minimum Gasteiger partial charge on any atom is -0.154 e. The lowest BCUT2D eigenvalue weighted by Gasteiger charge is -2.35. The molecule has 0 fully saturated rings. The van der Waals surface area contributed by atoms with Crippen molar-refractivity contribution in [3.8, 4) is 0 Å². The fraction of sp³-hybridized carbons (Fsp3) is 0.909. The summed E-state index contributed by atoms with van der Waals surface area (Å²) in [5, 5.41) is 10.1. The average Bonchev–Trinajstić information content (AvgIpc) is 2.36. The summed E-state index contributed by atoms with van der Waals surface area (Å²) in [4.78, 5) is 0. The summed E-state index contributed by atoms with van der Waals surface area (Å²) in [6.07, 6.45) is 0. The van der Waals surface area contributed by atoms with E-state index in [1.165, 1.54) is 10.9 Å². The number of hydrogen-bond acceptors (Lipinski definition) is 2. The molecule has 0 aliphatic carbocycles. The molecule has 0 radical (unpaired) electrons. The number of nitrogens with zero attached hydrogens (tertiary/aromatic N) is 2. The molecule has 4 heteroatoms. The third-order valence-electron chi connectivity index (χ3n) is 4.30. The molecule has 0 saturated heterocycles. The molecule has 2 nitrogen and oxygen atoms in total. The highest BCUT2D eigenvalue weighted by Crippen LogP contribution is 2.54. The van der Waals surface area contributed by atoms with Crippen LogP contribution in [0.5, 0.6) is 0 Å². The molecule has 0 saturated carbocycles. The van der Waals surface area contributed by atoms with E-state index in [4.69, 9.17) is 10.2 Å². The van der Waals surface area contributed by atoms with Crippen LogP contribution in [0.3, 0.4) is 0 Å². The van der Waals surface area contributed by atoms with E-state index >= 15 is 0 Å². The van der Waals surface area contributed by atoms with Crippen molar-refractivity contribution in [2.45, 2.75) is 120 Å². The summed E-state index contributed by atoms with van der Waals surface area (Å²) in [7, 11) is -0.593. The van der Waals surface area contributed by atoms with E-state index in [0.717, 1.165) is 0 Å². The molecule has 26 heavy (non-hydrogen) atoms. The van der Waals surface area contributed by atoms with Crippen LogP contribution >= 0.6 is 15.8 Å². The lowest BCUT2D eigenvalue weighted by atomic mass is 9.98. The van der Waals surface area contributed by atoms with E-state index in [-0.39, 0.29) is 26.7 Å². The van der Waals surface area contributed by atoms with Crippen molar-refractivity contribution in [1.29, 1.82) is 0 Å². The van der Waals surface area contributed by atoms with Gasteiger partial charge < -0.3 is 0 Å². The summed E-state index contributed by atoms with van der Waals surface area (Å²) >= 11 is 0. The normalized spacial score (nSPS) is 15.5. The predicted octanol–water partition coefficient (Wildman–Crippen LogP) is 8.39. The zero-order valence-electron chi connectivity index (χ0n) is 20.1. The molecule has 0 unspecified atom stereocenters. The molecule has 0 spiro atoms. The maximum atomic E-state index is 5.04. The van der Waals surface area contributed by atoms with E-state index in [2.05, 4.69) is 96.9 Å². The van der Waals surface area contributed by atoms with E-state index in [1.807, 2.05) is 0 Å². The van der Waals surface area contributed by atoms with Gasteiger partial charge in [0.15, 0.2) is 0 Å². The van der Waals surface area contributed by atoms with Crippen LogP contribution in [0.15, 0.2) is 10.2 Å². The van der Waals surface area contributed by atoms with Gasteiger partial charge in [-0.25, -0.2) is 0 Å². The SMILES string of the molecule is CC(C)P(/C(=N/N=C(/P(C(C)C)C(C)C)C(C)(C)C)C(C)(C)C)C(C)C. The first kappa shape index (κ1) is 26.2. The summed E-state index contributed by atoms with van der Waals surface area (Å²) in [5.74, 6) is 0. The van der Waals surface area contributed by atoms with Crippen molar-refractivity contribution in [2.75, 3.05) is 0 Å². The Balaban J connectivity index is 6.46. The maximum Gasteiger partial charge on any atom is 0.0691 e. The molecular formula is C22H46N2P2. The molecule has 0 aromatic heterocycles. The topological polar surface area (TPSA) is 24.7 Å². The second-order valence-electron chi connectivity index (χ2n) is 10.5. The van der Waals surface area contributed by atoms with E-state index in [9.17, 15) is 0 Å². The van der Waals surface area contributed by atoms with Crippen LogP contribution in [0.2, 0.25) is 0 Å². The number of rotatable bonds is 7. The van der Waals surface area contributed by atoms with Crippen molar-refractivity contribution < 1.29 is 0 Å². The predicted molar refractivity (Wildman–Crippen MR) is 128 cm³/mol. The first-order valence-electron chi connectivity index (χ1n) is 10.2. The van der Waals surface area contributed by atoms with Crippen LogP contribution in [-0.2, 0) is 0 Å². The zero-order chi connectivity index (χ0) is 21.0. The van der Waals surface area contributed by atoms with Gasteiger partial charge in [0.05, 0.1) is 10.9 Å². The molecule has 0 heterocycles. The van der Waals surface area contributed by atoms with Gasteiger partial charge in [0.2, 0.25) is 0 Å². The Bertz CT molecular complexity index is 427. The van der Waals surface area contributed by atoms with Crippen molar-refractivity contribution in [3.63, 3.8) is 0 Å². The van der Waals surface area contributed by atoms with Gasteiger partial charge in [0, 0.05) is 10.8 Å². The van der Waals surface area contributed by atoms with Gasteiger partial charge in [-0.15, -0.1) is 0 Å². The standard InChI is InChI=1S/C22H46N2P2/c1-15(2)25(16(3)4)19(21(9,10)11)23-24-20(22(12,13)14)26(17(5)6)18(7)8/h15-18H,1-14H3/b23-19+,24-20+. The largest absolute Gasteiger partial charge is 0.154 e. The third kappa shape index (κ3) is 7.67. The van der Waals surface area contributed by atoms with Gasteiger partial charge in [-0.05, 0) is 22.6 Å². The first-order valence-corrected chi connectivity index (χ1v) is 13.2. The van der Waals surface area contributed by atoms with Gasteiger partial charge in [-0.2, -0.15) is 10.2 Å². The van der Waals surface area contributed by atoms with Gasteiger partial charge in [0.25, 0.3) is 0 Å². The molecule has 0 amide bonds. The molecule has 154 valence electrons. The fourth-order valence-corrected chi connectivity index (χ4v) is 9.63. The van der Waals surface area contributed by atoms with Gasteiger partial charge in [-0.1, -0.05) is 113 Å². The zero-order valence-corrected chi connectivity index (χ0v) is 21.9. The van der Waals surface area contributed by atoms with E-state index < -0.39 is 0 Å². The molecule has 0 aromatic rings. The summed E-state index contributed by atoms with van der Waals surface area (Å²) < 4.78 is 0. The van der Waals surface area contributed by atoms with Crippen molar-refractivity contribution >= 4 is 26.7 Å². The van der Waals surface area contributed by atoms with Gasteiger partial charge in [0.1, 0.15) is 0 Å². The smallest absolute Gasteiger partial charge is 0.0691 e. The minimum atomic E-state index is -0.296. The van der Waals surface area contributed by atoms with Crippen LogP contribution in [0, 0.1) is 10.8 Å². The highest BCUT2D eigenvalue weighted by Gasteiger charge is 2.34. The maximum absolute atomic E-state index is 5.04. The Morgan fingerprint density at radius 2 is 0.692 bits per heavy atom. The van der Waals surface area contributed by atoms with E-state index in [1.54, 1.807) is 0 Å². The fourth-order valence-electron chi connectivity index (χ4n) is 3.44. The van der Waals surface area contributed by atoms with Crippen molar-refractivity contribution in [2.24, 2.45) is 21.0 Å². The Morgan fingerprint density at radius 3 is 0.808 bits per heavy atom. The van der Waals surface area contributed by atoms with Gasteiger partial charge in [-0.3, -0.25) is 0 Å². The summed E-state index contributed by atoms with van der Waals surface area (Å²) in [5.41, 5.74) is 5.29. The van der Waals surface area contributed by atoms with Crippen LogP contribution in [0.25, 0.3) is 0 Å². The highest BCUT2D eigenvalue weighted by atomic mass is 31.1. The monoisotopic (exact) mass is 400 g/mol.